The number of carbonyl (C=O) groups excluding carboxylic acids is 1. The van der Waals surface area contributed by atoms with E-state index in [1.54, 1.807) is 44.6 Å². The van der Waals surface area contributed by atoms with Crippen molar-refractivity contribution in [2.24, 2.45) is 0 Å². The van der Waals surface area contributed by atoms with Gasteiger partial charge in [-0.2, -0.15) is 0 Å². The highest BCUT2D eigenvalue weighted by Gasteiger charge is 2.29. The fourth-order valence-electron chi connectivity index (χ4n) is 4.35. The number of methoxy groups -OCH3 is 2. The minimum atomic E-state index is -0.937. The third-order valence-electron chi connectivity index (χ3n) is 6.30. The second kappa shape index (κ2) is 9.67. The molecule has 3 aromatic heterocycles. The lowest BCUT2D eigenvalue weighted by molar-refractivity contribution is -0.0718. The lowest BCUT2D eigenvalue weighted by Gasteiger charge is -2.27. The molecule has 0 aliphatic carbocycles. The van der Waals surface area contributed by atoms with Crippen LogP contribution in [0.1, 0.15) is 5.56 Å². The van der Waals surface area contributed by atoms with Gasteiger partial charge in [0.25, 0.3) is 6.29 Å². The molecule has 0 saturated carbocycles. The normalized spacial score (nSPS) is 14.3. The summed E-state index contributed by atoms with van der Waals surface area (Å²) >= 11 is 0. The van der Waals surface area contributed by atoms with E-state index in [0.29, 0.717) is 51.3 Å². The van der Waals surface area contributed by atoms with Gasteiger partial charge in [-0.3, -0.25) is 4.90 Å². The van der Waals surface area contributed by atoms with Gasteiger partial charge in [-0.05, 0) is 48.9 Å². The average Bonchev–Trinajstić information content (AvgIpc) is 3.40. The van der Waals surface area contributed by atoms with E-state index in [2.05, 4.69) is 15.0 Å². The highest BCUT2D eigenvalue weighted by atomic mass is 16.7. The van der Waals surface area contributed by atoms with Gasteiger partial charge >= 0.3 is 6.09 Å². The molecule has 0 bridgehead atoms. The Labute approximate surface area is 222 Å². The van der Waals surface area contributed by atoms with Crippen LogP contribution < -0.4 is 23.8 Å². The molecule has 0 saturated heterocycles. The van der Waals surface area contributed by atoms with Crippen LogP contribution in [0, 0.1) is 6.92 Å². The van der Waals surface area contributed by atoms with E-state index in [-0.39, 0.29) is 6.61 Å². The Balaban J connectivity index is 1.25. The van der Waals surface area contributed by atoms with Crippen LogP contribution in [0.3, 0.4) is 0 Å². The first-order valence-corrected chi connectivity index (χ1v) is 12.1. The molecule has 5 aromatic rings. The first-order chi connectivity index (χ1) is 18.9. The summed E-state index contributed by atoms with van der Waals surface area (Å²) in [7, 11) is 4.65. The SMILES string of the molecule is COc1ccc(N(C)C(=O)O[C@@H]2COc3c(ccc4oc(-c5cc(C)cc6nc(OC)cnc56)cc34)O2)cn1. The van der Waals surface area contributed by atoms with E-state index in [1.807, 2.05) is 25.1 Å². The molecule has 1 aliphatic heterocycles. The Bertz CT molecular complexity index is 1700. The number of hydrogen-bond acceptors (Lipinski definition) is 10. The first kappa shape index (κ1) is 24.3. The van der Waals surface area contributed by atoms with Crippen molar-refractivity contribution in [3.8, 4) is 34.6 Å². The van der Waals surface area contributed by atoms with Crippen LogP contribution in [0.2, 0.25) is 0 Å². The second-order valence-electron chi connectivity index (χ2n) is 8.87. The number of ether oxygens (including phenoxy) is 5. The van der Waals surface area contributed by atoms with E-state index in [9.17, 15) is 4.79 Å². The van der Waals surface area contributed by atoms with Gasteiger partial charge in [-0.1, -0.05) is 0 Å². The smallest absolute Gasteiger partial charge is 0.417 e. The number of aryl methyl sites for hydroxylation is 1. The number of hydrogen-bond donors (Lipinski definition) is 0. The average molecular weight is 529 g/mol. The molecule has 4 heterocycles. The highest BCUT2D eigenvalue weighted by molar-refractivity contribution is 5.96. The van der Waals surface area contributed by atoms with Gasteiger partial charge in [0.05, 0.1) is 48.7 Å². The standard InChI is InChI=1S/C28H24N4O7/c1-15-9-17(26-19(10-15)31-24(35-4)13-30-26)22-11-18-20(37-22)6-7-21-27(18)36-14-25(38-21)39-28(33)32(2)16-5-8-23(34-3)29-12-16/h5-13,25H,14H2,1-4H3/t25-/m1/s1. The molecule has 0 fully saturated rings. The second-order valence-corrected chi connectivity index (χ2v) is 8.87. The third-order valence-corrected chi connectivity index (χ3v) is 6.30. The van der Waals surface area contributed by atoms with Crippen molar-refractivity contribution < 1.29 is 32.9 Å². The predicted octanol–water partition coefficient (Wildman–Crippen LogP) is 5.13. The number of benzene rings is 2. The van der Waals surface area contributed by atoms with Crippen molar-refractivity contribution in [2.75, 3.05) is 32.8 Å². The Morgan fingerprint density at radius 3 is 2.64 bits per heavy atom. The van der Waals surface area contributed by atoms with Gasteiger partial charge in [-0.25, -0.2) is 19.7 Å². The van der Waals surface area contributed by atoms with Gasteiger partial charge in [0.2, 0.25) is 11.8 Å². The number of rotatable bonds is 5. The maximum absolute atomic E-state index is 12.7. The number of pyridine rings is 1. The molecule has 39 heavy (non-hydrogen) atoms. The highest BCUT2D eigenvalue weighted by Crippen LogP contribution is 2.43. The molecular formula is C28H24N4O7. The van der Waals surface area contributed by atoms with Crippen molar-refractivity contribution >= 4 is 33.8 Å². The van der Waals surface area contributed by atoms with E-state index in [4.69, 9.17) is 28.1 Å². The summed E-state index contributed by atoms with van der Waals surface area (Å²) in [5, 5.41) is 0.727. The van der Waals surface area contributed by atoms with E-state index < -0.39 is 12.4 Å². The first-order valence-electron chi connectivity index (χ1n) is 12.1. The van der Waals surface area contributed by atoms with Crippen LogP contribution in [-0.4, -0.2) is 55.2 Å². The van der Waals surface area contributed by atoms with Crippen molar-refractivity contribution in [3.63, 3.8) is 0 Å². The largest absolute Gasteiger partial charge is 0.481 e. The molecule has 2 aromatic carbocycles. The Hall–Kier alpha value is -5.06. The van der Waals surface area contributed by atoms with Crippen molar-refractivity contribution in [1.82, 2.24) is 15.0 Å². The number of amides is 1. The monoisotopic (exact) mass is 528 g/mol. The Kier molecular flexibility index (Phi) is 6.02. The van der Waals surface area contributed by atoms with Crippen molar-refractivity contribution in [3.05, 3.63) is 60.4 Å². The zero-order valence-corrected chi connectivity index (χ0v) is 21.6. The van der Waals surface area contributed by atoms with Crippen molar-refractivity contribution in [1.29, 1.82) is 0 Å². The number of nitrogens with zero attached hydrogens (tertiary/aromatic N) is 4. The van der Waals surface area contributed by atoms with Crippen LogP contribution in [0.4, 0.5) is 10.5 Å². The van der Waals surface area contributed by atoms with Gasteiger partial charge in [-0.15, -0.1) is 0 Å². The maximum Gasteiger partial charge on any atom is 0.417 e. The fraction of sp³-hybridized carbons (Fsp3) is 0.214. The van der Waals surface area contributed by atoms with E-state index >= 15 is 0 Å². The summed E-state index contributed by atoms with van der Waals surface area (Å²) in [6, 6.07) is 12.7. The quantitative estimate of drug-likeness (QED) is 0.304. The van der Waals surface area contributed by atoms with Crippen LogP contribution in [0.15, 0.2) is 59.3 Å². The summed E-state index contributed by atoms with van der Waals surface area (Å²) in [5.41, 5.74) is 4.34. The minimum Gasteiger partial charge on any atom is -0.481 e. The summed E-state index contributed by atoms with van der Waals surface area (Å²) in [6.45, 7) is 1.99. The molecule has 6 rings (SSSR count). The maximum atomic E-state index is 12.7. The van der Waals surface area contributed by atoms with Gasteiger partial charge in [0, 0.05) is 18.7 Å². The predicted molar refractivity (Wildman–Crippen MR) is 142 cm³/mol. The number of furan rings is 1. The van der Waals surface area contributed by atoms with Gasteiger partial charge in [0.15, 0.2) is 18.1 Å². The zero-order valence-electron chi connectivity index (χ0n) is 21.6. The van der Waals surface area contributed by atoms with Crippen molar-refractivity contribution in [2.45, 2.75) is 13.2 Å². The minimum absolute atomic E-state index is 0.00567. The number of fused-ring (bicyclic) bond motifs is 4. The molecule has 11 heteroatoms. The number of anilines is 1. The van der Waals surface area contributed by atoms with E-state index in [0.717, 1.165) is 16.5 Å². The molecule has 11 nitrogen and oxygen atoms in total. The molecule has 0 unspecified atom stereocenters. The zero-order chi connectivity index (χ0) is 27.1. The van der Waals surface area contributed by atoms with Crippen LogP contribution in [0.5, 0.6) is 23.3 Å². The van der Waals surface area contributed by atoms with Crippen LogP contribution in [-0.2, 0) is 4.74 Å². The molecule has 0 radical (unpaired) electrons. The van der Waals surface area contributed by atoms with Crippen LogP contribution in [0.25, 0.3) is 33.3 Å². The summed E-state index contributed by atoms with van der Waals surface area (Å²) in [5.74, 6) is 2.43. The third kappa shape index (κ3) is 4.48. The Morgan fingerprint density at radius 1 is 1.03 bits per heavy atom. The molecular weight excluding hydrogens is 504 g/mol. The van der Waals surface area contributed by atoms with Crippen LogP contribution >= 0.6 is 0 Å². The summed E-state index contributed by atoms with van der Waals surface area (Å²) < 4.78 is 33.9. The van der Waals surface area contributed by atoms with Gasteiger partial charge in [0.1, 0.15) is 11.3 Å². The van der Waals surface area contributed by atoms with E-state index in [1.165, 1.54) is 18.2 Å². The lowest BCUT2D eigenvalue weighted by Crippen LogP contribution is -2.38. The molecule has 1 atom stereocenters. The molecule has 0 N–H and O–H groups in total. The molecule has 0 spiro atoms. The fourth-order valence-corrected chi connectivity index (χ4v) is 4.35. The molecule has 1 amide bonds. The Morgan fingerprint density at radius 2 is 1.87 bits per heavy atom. The lowest BCUT2D eigenvalue weighted by atomic mass is 10.1. The number of carbonyl (C=O) groups is 1. The summed E-state index contributed by atoms with van der Waals surface area (Å²) in [6.07, 6.45) is 1.54. The molecule has 198 valence electrons. The topological polar surface area (TPSA) is 118 Å². The number of aromatic nitrogens is 3. The summed E-state index contributed by atoms with van der Waals surface area (Å²) in [4.78, 5) is 27.2. The van der Waals surface area contributed by atoms with Gasteiger partial charge < -0.3 is 28.1 Å². The molecule has 1 aliphatic rings.